The summed E-state index contributed by atoms with van der Waals surface area (Å²) in [6.07, 6.45) is 4.49. The molecule has 2 N–H and O–H groups in total. The smallest absolute Gasteiger partial charge is 0.0975 e. The number of nitrogens with two attached hydrogens (primary N) is 1. The predicted octanol–water partition coefficient (Wildman–Crippen LogP) is 3.64. The van der Waals surface area contributed by atoms with Crippen molar-refractivity contribution < 1.29 is 0 Å². The van der Waals surface area contributed by atoms with E-state index in [0.29, 0.717) is 0 Å². The lowest BCUT2D eigenvalue weighted by atomic mass is 10.0. The third-order valence-corrected chi connectivity index (χ3v) is 6.57. The second kappa shape index (κ2) is 3.08. The topological polar surface area (TPSA) is 38.9 Å². The second-order valence-corrected chi connectivity index (χ2v) is 7.36. The van der Waals surface area contributed by atoms with Crippen molar-refractivity contribution in [1.82, 2.24) is 4.98 Å². The number of hydrogen-bond donors (Lipinski definition) is 1. The number of nitrogen functional groups attached to an aromatic ring is 1. The van der Waals surface area contributed by atoms with Crippen molar-refractivity contribution in [2.45, 2.75) is 25.2 Å². The van der Waals surface area contributed by atoms with Crippen LogP contribution in [0.4, 0.5) is 5.69 Å². The van der Waals surface area contributed by atoms with Gasteiger partial charge in [-0.3, -0.25) is 0 Å². The monoisotopic (exact) mass is 256 g/mol. The zero-order chi connectivity index (χ0) is 11.9. The van der Waals surface area contributed by atoms with Gasteiger partial charge in [0.1, 0.15) is 0 Å². The van der Waals surface area contributed by atoms with E-state index in [-0.39, 0.29) is 0 Å². The van der Waals surface area contributed by atoms with Crippen LogP contribution >= 0.6 is 11.3 Å². The summed E-state index contributed by atoms with van der Waals surface area (Å²) in [5, 5.41) is 1.39. The molecular weight excluding hydrogens is 240 g/mol. The average Bonchev–Trinajstić information content (AvgIpc) is 2.75. The molecular formula is C15H16N2S. The van der Waals surface area contributed by atoms with Crippen LogP contribution in [0, 0.1) is 23.7 Å². The Morgan fingerprint density at radius 3 is 2.72 bits per heavy atom. The molecule has 92 valence electrons. The summed E-state index contributed by atoms with van der Waals surface area (Å²) >= 11 is 1.88. The Morgan fingerprint density at radius 2 is 1.94 bits per heavy atom. The highest BCUT2D eigenvalue weighted by atomic mass is 32.1. The number of hydrogen-bond acceptors (Lipinski definition) is 3. The summed E-state index contributed by atoms with van der Waals surface area (Å²) in [7, 11) is 0. The summed E-state index contributed by atoms with van der Waals surface area (Å²) < 4.78 is 1.27. The van der Waals surface area contributed by atoms with Gasteiger partial charge in [0, 0.05) is 11.6 Å². The largest absolute Gasteiger partial charge is 0.399 e. The quantitative estimate of drug-likeness (QED) is 0.791. The third kappa shape index (κ3) is 1.11. The van der Waals surface area contributed by atoms with Crippen LogP contribution in [0.2, 0.25) is 0 Å². The van der Waals surface area contributed by atoms with E-state index in [1.54, 1.807) is 0 Å². The van der Waals surface area contributed by atoms with Crippen molar-refractivity contribution in [3.05, 3.63) is 23.2 Å². The standard InChI is InChI=1S/C15H16N2S/c16-9-3-4-10-11(6-9)18-15(17-10)14-12-7-1-2-8(5-7)13(12)14/h3-4,6-8,12-14H,1-2,5,16H2. The van der Waals surface area contributed by atoms with Crippen LogP contribution in [-0.2, 0) is 0 Å². The van der Waals surface area contributed by atoms with Crippen molar-refractivity contribution >= 4 is 27.2 Å². The predicted molar refractivity (Wildman–Crippen MR) is 74.6 cm³/mol. The van der Waals surface area contributed by atoms with Gasteiger partial charge < -0.3 is 5.73 Å². The van der Waals surface area contributed by atoms with Crippen LogP contribution in [0.5, 0.6) is 0 Å². The Balaban J connectivity index is 1.56. The first-order chi connectivity index (χ1) is 8.81. The third-order valence-electron chi connectivity index (χ3n) is 5.45. The van der Waals surface area contributed by atoms with Gasteiger partial charge in [-0.25, -0.2) is 4.98 Å². The molecule has 2 bridgehead atoms. The van der Waals surface area contributed by atoms with E-state index in [9.17, 15) is 0 Å². The Labute approximate surface area is 110 Å². The van der Waals surface area contributed by atoms with Gasteiger partial charge in [0.25, 0.3) is 0 Å². The van der Waals surface area contributed by atoms with Gasteiger partial charge in [-0.05, 0) is 61.1 Å². The van der Waals surface area contributed by atoms with E-state index in [2.05, 4.69) is 12.1 Å². The van der Waals surface area contributed by atoms with Crippen LogP contribution in [0.25, 0.3) is 10.2 Å². The fraction of sp³-hybridized carbons (Fsp3) is 0.533. The molecule has 0 aliphatic heterocycles. The van der Waals surface area contributed by atoms with E-state index >= 15 is 0 Å². The Hall–Kier alpha value is -1.09. The van der Waals surface area contributed by atoms with E-state index in [0.717, 1.165) is 40.8 Å². The Bertz CT molecular complexity index is 631. The number of anilines is 1. The van der Waals surface area contributed by atoms with Gasteiger partial charge in [-0.2, -0.15) is 0 Å². The highest BCUT2D eigenvalue weighted by molar-refractivity contribution is 7.18. The lowest BCUT2D eigenvalue weighted by Crippen LogP contribution is -1.96. The molecule has 18 heavy (non-hydrogen) atoms. The first kappa shape index (κ1) is 9.79. The number of fused-ring (bicyclic) bond motifs is 6. The molecule has 3 saturated carbocycles. The number of aromatic nitrogens is 1. The molecule has 3 fully saturated rings. The zero-order valence-electron chi connectivity index (χ0n) is 10.2. The minimum Gasteiger partial charge on any atom is -0.399 e. The maximum absolute atomic E-state index is 5.85. The Kier molecular flexibility index (Phi) is 1.67. The van der Waals surface area contributed by atoms with Gasteiger partial charge in [0.2, 0.25) is 0 Å². The normalized spacial score (nSPS) is 40.3. The molecule has 1 aromatic carbocycles. The molecule has 2 aromatic rings. The van der Waals surface area contributed by atoms with Crippen LogP contribution < -0.4 is 5.73 Å². The zero-order valence-corrected chi connectivity index (χ0v) is 11.0. The summed E-state index contributed by atoms with van der Waals surface area (Å²) in [6.45, 7) is 0. The number of nitrogens with zero attached hydrogens (tertiary/aromatic N) is 1. The van der Waals surface area contributed by atoms with E-state index in [1.807, 2.05) is 17.4 Å². The molecule has 3 heteroatoms. The van der Waals surface area contributed by atoms with Gasteiger partial charge in [0.05, 0.1) is 15.2 Å². The van der Waals surface area contributed by atoms with Crippen molar-refractivity contribution in [2.75, 3.05) is 5.73 Å². The molecule has 4 atom stereocenters. The van der Waals surface area contributed by atoms with E-state index in [4.69, 9.17) is 10.7 Å². The molecule has 3 aliphatic rings. The van der Waals surface area contributed by atoms with E-state index < -0.39 is 0 Å². The minimum atomic E-state index is 0.801. The molecule has 3 aliphatic carbocycles. The Morgan fingerprint density at radius 1 is 1.17 bits per heavy atom. The number of benzene rings is 1. The second-order valence-electron chi connectivity index (χ2n) is 6.29. The maximum Gasteiger partial charge on any atom is 0.0975 e. The van der Waals surface area contributed by atoms with Gasteiger partial charge in [-0.1, -0.05) is 0 Å². The maximum atomic E-state index is 5.85. The van der Waals surface area contributed by atoms with Crippen LogP contribution in [0.3, 0.4) is 0 Å². The lowest BCUT2D eigenvalue weighted by Gasteiger charge is -2.04. The first-order valence-electron chi connectivity index (χ1n) is 6.97. The van der Waals surface area contributed by atoms with Crippen molar-refractivity contribution in [3.63, 3.8) is 0 Å². The van der Waals surface area contributed by atoms with Crippen molar-refractivity contribution in [2.24, 2.45) is 23.7 Å². The highest BCUT2D eigenvalue weighted by Crippen LogP contribution is 2.73. The van der Waals surface area contributed by atoms with Crippen LogP contribution in [0.15, 0.2) is 18.2 Å². The minimum absolute atomic E-state index is 0.801. The SMILES string of the molecule is Nc1ccc2nc(C3C4C5CCC(C5)C34)sc2c1. The highest BCUT2D eigenvalue weighted by Gasteiger charge is 2.66. The molecule has 0 saturated heterocycles. The summed E-state index contributed by atoms with van der Waals surface area (Å²) in [4.78, 5) is 4.86. The average molecular weight is 256 g/mol. The number of rotatable bonds is 1. The summed E-state index contributed by atoms with van der Waals surface area (Å²) in [5.41, 5.74) is 7.85. The molecule has 0 radical (unpaired) electrons. The fourth-order valence-electron chi connectivity index (χ4n) is 4.76. The van der Waals surface area contributed by atoms with Crippen LogP contribution in [-0.4, -0.2) is 4.98 Å². The van der Waals surface area contributed by atoms with Crippen molar-refractivity contribution in [1.29, 1.82) is 0 Å². The van der Waals surface area contributed by atoms with Gasteiger partial charge >= 0.3 is 0 Å². The van der Waals surface area contributed by atoms with E-state index in [1.165, 1.54) is 29.0 Å². The fourth-order valence-corrected chi connectivity index (χ4v) is 5.99. The van der Waals surface area contributed by atoms with Gasteiger partial charge in [0.15, 0.2) is 0 Å². The summed E-state index contributed by atoms with van der Waals surface area (Å²) in [5.74, 6) is 4.84. The molecule has 5 rings (SSSR count). The molecule has 0 spiro atoms. The number of thiazole rings is 1. The molecule has 2 nitrogen and oxygen atoms in total. The van der Waals surface area contributed by atoms with Crippen LogP contribution in [0.1, 0.15) is 30.2 Å². The lowest BCUT2D eigenvalue weighted by molar-refractivity contribution is 0.456. The summed E-state index contributed by atoms with van der Waals surface area (Å²) in [6, 6.07) is 6.10. The molecule has 1 heterocycles. The molecule has 0 amide bonds. The van der Waals surface area contributed by atoms with Crippen molar-refractivity contribution in [3.8, 4) is 0 Å². The van der Waals surface area contributed by atoms with Gasteiger partial charge in [-0.15, -0.1) is 11.3 Å². The molecule has 1 aromatic heterocycles. The first-order valence-corrected chi connectivity index (χ1v) is 7.79. The molecule has 4 unspecified atom stereocenters.